The molecule has 0 atom stereocenters. The lowest BCUT2D eigenvalue weighted by molar-refractivity contribution is 0.497. The molecular formula is C27H36N2O2S. The number of rotatable bonds is 12. The number of fused-ring (bicyclic) bond motifs is 1. The van der Waals surface area contributed by atoms with Crippen molar-refractivity contribution in [1.82, 2.24) is 9.29 Å². The minimum atomic E-state index is -3.68. The van der Waals surface area contributed by atoms with Crippen LogP contribution in [0.5, 0.6) is 0 Å². The van der Waals surface area contributed by atoms with Crippen molar-refractivity contribution in [2.75, 3.05) is 6.54 Å². The summed E-state index contributed by atoms with van der Waals surface area (Å²) in [5.74, 6) is 0. The van der Waals surface area contributed by atoms with Crippen molar-refractivity contribution < 1.29 is 8.42 Å². The van der Waals surface area contributed by atoms with Crippen LogP contribution >= 0.6 is 0 Å². The summed E-state index contributed by atoms with van der Waals surface area (Å²) in [5.41, 5.74) is 3.80. The van der Waals surface area contributed by atoms with Gasteiger partial charge in [0.1, 0.15) is 0 Å². The molecule has 172 valence electrons. The van der Waals surface area contributed by atoms with Crippen molar-refractivity contribution in [1.29, 1.82) is 0 Å². The molecule has 0 fully saturated rings. The quantitative estimate of drug-likeness (QED) is 0.294. The maximum atomic E-state index is 13.8. The van der Waals surface area contributed by atoms with Gasteiger partial charge in [-0.2, -0.15) is 0 Å². The number of benzene rings is 2. The lowest BCUT2D eigenvalue weighted by atomic mass is 10.1. The van der Waals surface area contributed by atoms with Gasteiger partial charge >= 0.3 is 0 Å². The minimum absolute atomic E-state index is 0.343. The van der Waals surface area contributed by atoms with Crippen LogP contribution in [0.4, 0.5) is 0 Å². The lowest BCUT2D eigenvalue weighted by Gasteiger charge is -2.27. The SMILES string of the molecule is CCCCCC/C=C(/c1c[nH]c2ccccc12)N(CCCC)S(=O)(=O)c1ccc(C)cc1. The number of hydrogen-bond acceptors (Lipinski definition) is 2. The summed E-state index contributed by atoms with van der Waals surface area (Å²) < 4.78 is 29.3. The fourth-order valence-electron chi connectivity index (χ4n) is 3.95. The molecule has 5 heteroatoms. The molecule has 32 heavy (non-hydrogen) atoms. The van der Waals surface area contributed by atoms with E-state index in [1.165, 1.54) is 12.8 Å². The highest BCUT2D eigenvalue weighted by Crippen LogP contribution is 2.33. The van der Waals surface area contributed by atoms with Gasteiger partial charge in [0, 0.05) is 29.2 Å². The Hall–Kier alpha value is -2.53. The van der Waals surface area contributed by atoms with E-state index >= 15 is 0 Å². The summed E-state index contributed by atoms with van der Waals surface area (Å²) in [6, 6.07) is 15.3. The Bertz CT molecular complexity index is 1130. The molecule has 0 bridgehead atoms. The number of hydrogen-bond donors (Lipinski definition) is 1. The molecule has 0 saturated heterocycles. The third kappa shape index (κ3) is 5.63. The van der Waals surface area contributed by atoms with Gasteiger partial charge in [-0.1, -0.05) is 81.5 Å². The van der Waals surface area contributed by atoms with Crippen molar-refractivity contribution in [3.63, 3.8) is 0 Å². The molecule has 1 heterocycles. The third-order valence-electron chi connectivity index (χ3n) is 5.85. The molecule has 0 saturated carbocycles. The maximum Gasteiger partial charge on any atom is 0.264 e. The highest BCUT2D eigenvalue weighted by molar-refractivity contribution is 7.89. The smallest absolute Gasteiger partial charge is 0.264 e. The number of aromatic amines is 1. The van der Waals surface area contributed by atoms with Gasteiger partial charge in [-0.05, 0) is 44.4 Å². The van der Waals surface area contributed by atoms with E-state index in [1.54, 1.807) is 16.4 Å². The molecule has 0 radical (unpaired) electrons. The molecular weight excluding hydrogens is 416 g/mol. The first-order valence-electron chi connectivity index (χ1n) is 11.8. The van der Waals surface area contributed by atoms with Gasteiger partial charge in [-0.25, -0.2) is 8.42 Å². The average Bonchev–Trinajstić information content (AvgIpc) is 3.22. The van der Waals surface area contributed by atoms with Crippen molar-refractivity contribution >= 4 is 26.6 Å². The fraction of sp³-hybridized carbons (Fsp3) is 0.407. The average molecular weight is 453 g/mol. The summed E-state index contributed by atoms with van der Waals surface area (Å²) in [6.45, 7) is 6.73. The zero-order valence-corrected chi connectivity index (χ0v) is 20.4. The molecule has 2 aromatic carbocycles. The number of aryl methyl sites for hydroxylation is 1. The predicted molar refractivity (Wildman–Crippen MR) is 135 cm³/mol. The number of nitrogens with zero attached hydrogens (tertiary/aromatic N) is 1. The summed E-state index contributed by atoms with van der Waals surface area (Å²) in [6.07, 6.45) is 11.3. The molecule has 3 aromatic rings. The first-order valence-corrected chi connectivity index (χ1v) is 13.3. The van der Waals surface area contributed by atoms with E-state index < -0.39 is 10.0 Å². The van der Waals surface area contributed by atoms with E-state index in [0.717, 1.165) is 59.8 Å². The van der Waals surface area contributed by atoms with Crippen LogP contribution in [0.25, 0.3) is 16.6 Å². The Morgan fingerprint density at radius 2 is 1.66 bits per heavy atom. The Kier molecular flexibility index (Phi) is 8.57. The molecule has 0 aliphatic rings. The topological polar surface area (TPSA) is 53.2 Å². The Balaban J connectivity index is 2.08. The molecule has 0 amide bonds. The summed E-state index contributed by atoms with van der Waals surface area (Å²) in [7, 11) is -3.68. The van der Waals surface area contributed by atoms with Crippen molar-refractivity contribution in [3.05, 3.63) is 71.9 Å². The Labute approximate surface area is 193 Å². The number of aromatic nitrogens is 1. The van der Waals surface area contributed by atoms with Gasteiger partial charge in [0.15, 0.2) is 0 Å². The highest BCUT2D eigenvalue weighted by atomic mass is 32.2. The predicted octanol–water partition coefficient (Wildman–Crippen LogP) is 7.28. The van der Waals surface area contributed by atoms with Crippen molar-refractivity contribution in [2.45, 2.75) is 70.6 Å². The summed E-state index contributed by atoms with van der Waals surface area (Å²) >= 11 is 0. The molecule has 3 rings (SSSR count). The second kappa shape index (κ2) is 11.4. The zero-order chi connectivity index (χ0) is 23.0. The van der Waals surface area contributed by atoms with Crippen molar-refractivity contribution in [2.24, 2.45) is 0 Å². The van der Waals surface area contributed by atoms with Crippen LogP contribution < -0.4 is 0 Å². The number of unbranched alkanes of at least 4 members (excludes halogenated alkanes) is 5. The Morgan fingerprint density at radius 1 is 0.938 bits per heavy atom. The van der Waals surface area contributed by atoms with Gasteiger partial charge in [-0.3, -0.25) is 4.31 Å². The van der Waals surface area contributed by atoms with E-state index in [0.29, 0.717) is 11.4 Å². The van der Waals surface area contributed by atoms with Crippen LogP contribution in [0.2, 0.25) is 0 Å². The number of nitrogens with one attached hydrogen (secondary N) is 1. The van der Waals surface area contributed by atoms with Crippen LogP contribution in [0.15, 0.2) is 65.7 Å². The highest BCUT2D eigenvalue weighted by Gasteiger charge is 2.28. The monoisotopic (exact) mass is 452 g/mol. The first-order chi connectivity index (χ1) is 15.5. The first kappa shape index (κ1) is 24.1. The van der Waals surface area contributed by atoms with Gasteiger partial charge in [0.25, 0.3) is 10.0 Å². The summed E-state index contributed by atoms with van der Waals surface area (Å²) in [5, 5.41) is 1.05. The van der Waals surface area contributed by atoms with E-state index in [9.17, 15) is 8.42 Å². The molecule has 0 aliphatic heterocycles. The number of allylic oxidation sites excluding steroid dienone is 1. The summed E-state index contributed by atoms with van der Waals surface area (Å²) in [4.78, 5) is 3.67. The molecule has 1 N–H and O–H groups in total. The fourth-order valence-corrected chi connectivity index (χ4v) is 5.48. The van der Waals surface area contributed by atoms with E-state index in [1.807, 2.05) is 43.5 Å². The van der Waals surface area contributed by atoms with Gasteiger partial charge < -0.3 is 4.98 Å². The van der Waals surface area contributed by atoms with E-state index in [2.05, 4.69) is 31.0 Å². The molecule has 1 aromatic heterocycles. The van der Waals surface area contributed by atoms with Crippen molar-refractivity contribution in [3.8, 4) is 0 Å². The van der Waals surface area contributed by atoms with E-state index in [-0.39, 0.29) is 0 Å². The van der Waals surface area contributed by atoms with Crippen LogP contribution in [0, 0.1) is 6.92 Å². The number of para-hydroxylation sites is 1. The number of sulfonamides is 1. The minimum Gasteiger partial charge on any atom is -0.360 e. The second-order valence-electron chi connectivity index (χ2n) is 8.43. The Morgan fingerprint density at radius 3 is 2.38 bits per heavy atom. The maximum absolute atomic E-state index is 13.8. The van der Waals surface area contributed by atoms with Gasteiger partial charge in [0.05, 0.1) is 10.6 Å². The van der Waals surface area contributed by atoms with Crippen LogP contribution in [-0.2, 0) is 10.0 Å². The van der Waals surface area contributed by atoms with E-state index in [4.69, 9.17) is 0 Å². The normalized spacial score (nSPS) is 12.4. The third-order valence-corrected chi connectivity index (χ3v) is 7.68. The van der Waals surface area contributed by atoms with Gasteiger partial charge in [0.2, 0.25) is 0 Å². The lowest BCUT2D eigenvalue weighted by Crippen LogP contribution is -2.31. The number of H-pyrrole nitrogens is 1. The van der Waals surface area contributed by atoms with Crippen LogP contribution in [0.3, 0.4) is 0 Å². The van der Waals surface area contributed by atoms with Gasteiger partial charge in [-0.15, -0.1) is 0 Å². The molecule has 4 nitrogen and oxygen atoms in total. The zero-order valence-electron chi connectivity index (χ0n) is 19.6. The second-order valence-corrected chi connectivity index (χ2v) is 10.3. The van der Waals surface area contributed by atoms with Crippen LogP contribution in [-0.4, -0.2) is 24.3 Å². The standard InChI is InChI=1S/C27H36N2O2S/c1-4-6-8-9-10-15-27(25-21-28-26-14-12-11-13-24(25)26)29(20-7-5-2)32(30,31)23-18-16-22(3)17-19-23/h11-19,21,28H,4-10,20H2,1-3H3/b27-15-. The molecule has 0 aliphatic carbocycles. The van der Waals surface area contributed by atoms with Crippen LogP contribution in [0.1, 0.15) is 69.9 Å². The molecule has 0 unspecified atom stereocenters. The largest absolute Gasteiger partial charge is 0.360 e. The molecule has 0 spiro atoms.